The van der Waals surface area contributed by atoms with Crippen LogP contribution in [0.15, 0.2) is 49.3 Å². The number of imidazole rings is 1. The molecule has 10 heteroatoms. The maximum Gasteiger partial charge on any atom is 0.381 e. The summed E-state index contributed by atoms with van der Waals surface area (Å²) in [6.07, 6.45) is 7.70. The van der Waals surface area contributed by atoms with Gasteiger partial charge in [0.25, 0.3) is 0 Å². The summed E-state index contributed by atoms with van der Waals surface area (Å²) in [5.41, 5.74) is 0.530. The first-order chi connectivity index (χ1) is 11.6. The number of pyridine rings is 1. The van der Waals surface area contributed by atoms with Crippen molar-refractivity contribution >= 4 is 17.4 Å². The number of hydrogen-bond donors (Lipinski definition) is 1. The van der Waals surface area contributed by atoms with Crippen molar-refractivity contribution in [2.45, 2.75) is 13.0 Å². The molecule has 0 aliphatic carbocycles. The van der Waals surface area contributed by atoms with Crippen LogP contribution < -0.4 is 5.32 Å². The van der Waals surface area contributed by atoms with Crippen molar-refractivity contribution in [2.75, 3.05) is 5.32 Å². The summed E-state index contributed by atoms with van der Waals surface area (Å²) in [7, 11) is 0. The van der Waals surface area contributed by atoms with E-state index >= 15 is 0 Å². The Morgan fingerprint density at radius 1 is 1.29 bits per heavy atom. The number of amides is 1. The molecule has 0 aliphatic rings. The van der Waals surface area contributed by atoms with Crippen molar-refractivity contribution in [1.82, 2.24) is 24.3 Å². The Balaban J connectivity index is 1.64. The molecule has 0 saturated heterocycles. The van der Waals surface area contributed by atoms with Gasteiger partial charge in [0, 0.05) is 31.6 Å². The third-order valence-electron chi connectivity index (χ3n) is 3.19. The molecule has 0 fully saturated rings. The lowest BCUT2D eigenvalue weighted by Crippen LogP contribution is -2.16. The van der Waals surface area contributed by atoms with Gasteiger partial charge in [-0.2, -0.15) is 5.10 Å². The van der Waals surface area contributed by atoms with E-state index in [9.17, 15) is 14.9 Å². The van der Waals surface area contributed by atoms with Gasteiger partial charge in [-0.15, -0.1) is 0 Å². The molecule has 0 unspecified atom stereocenters. The van der Waals surface area contributed by atoms with E-state index in [4.69, 9.17) is 0 Å². The van der Waals surface area contributed by atoms with Gasteiger partial charge in [0.2, 0.25) is 12.2 Å². The summed E-state index contributed by atoms with van der Waals surface area (Å²) < 4.78 is 3.05. The zero-order chi connectivity index (χ0) is 16.9. The van der Waals surface area contributed by atoms with E-state index < -0.39 is 4.92 Å². The molecule has 0 saturated carbocycles. The molecular formula is C14H13N7O3. The second kappa shape index (κ2) is 6.69. The molecule has 122 valence electrons. The SMILES string of the molecule is O=C(CCn1cnc([N+](=O)[O-])c1)Nc1cccnc1-n1cccn1. The van der Waals surface area contributed by atoms with Gasteiger partial charge in [-0.3, -0.25) is 4.79 Å². The van der Waals surface area contributed by atoms with E-state index in [0.29, 0.717) is 11.5 Å². The quantitative estimate of drug-likeness (QED) is 0.539. The second-order valence-corrected chi connectivity index (χ2v) is 4.85. The van der Waals surface area contributed by atoms with Gasteiger partial charge < -0.3 is 20.0 Å². The van der Waals surface area contributed by atoms with Gasteiger partial charge in [0.15, 0.2) is 5.82 Å². The average Bonchev–Trinajstić information content (AvgIpc) is 3.25. The number of carbonyl (C=O) groups is 1. The van der Waals surface area contributed by atoms with Gasteiger partial charge in [0.05, 0.1) is 5.69 Å². The first-order valence-corrected chi connectivity index (χ1v) is 7.04. The molecule has 0 aliphatic heterocycles. The Kier molecular flexibility index (Phi) is 4.27. The second-order valence-electron chi connectivity index (χ2n) is 4.85. The number of rotatable bonds is 6. The molecule has 0 aromatic carbocycles. The Bertz CT molecular complexity index is 857. The fourth-order valence-electron chi connectivity index (χ4n) is 2.08. The molecule has 0 bridgehead atoms. The topological polar surface area (TPSA) is 121 Å². The highest BCUT2D eigenvalue weighted by atomic mass is 16.6. The molecule has 3 aromatic heterocycles. The molecule has 1 amide bonds. The third kappa shape index (κ3) is 3.43. The number of hydrogen-bond acceptors (Lipinski definition) is 6. The van der Waals surface area contributed by atoms with Crippen LogP contribution in [0.1, 0.15) is 6.42 Å². The van der Waals surface area contributed by atoms with Crippen LogP contribution in [0.3, 0.4) is 0 Å². The number of anilines is 1. The van der Waals surface area contributed by atoms with Crippen molar-refractivity contribution in [2.24, 2.45) is 0 Å². The van der Waals surface area contributed by atoms with E-state index in [-0.39, 0.29) is 24.7 Å². The van der Waals surface area contributed by atoms with E-state index in [2.05, 4.69) is 20.4 Å². The molecule has 0 spiro atoms. The lowest BCUT2D eigenvalue weighted by molar-refractivity contribution is -0.389. The number of nitrogens with zero attached hydrogens (tertiary/aromatic N) is 6. The van der Waals surface area contributed by atoms with Crippen molar-refractivity contribution in [3.8, 4) is 5.82 Å². The van der Waals surface area contributed by atoms with Crippen LogP contribution >= 0.6 is 0 Å². The Hall–Kier alpha value is -3.56. The summed E-state index contributed by atoms with van der Waals surface area (Å²) in [5.74, 6) is 0.0190. The minimum atomic E-state index is -0.581. The lowest BCUT2D eigenvalue weighted by atomic mass is 10.3. The standard InChI is InChI=1S/C14H13N7O3/c22-13(4-8-19-9-12(16-10-19)21(23)24)18-11-3-1-5-15-14(11)20-7-2-6-17-20/h1-3,5-7,9-10H,4,8H2,(H,18,22). The summed E-state index contributed by atoms with van der Waals surface area (Å²) in [6.45, 7) is 0.282. The number of nitro groups is 1. The van der Waals surface area contributed by atoms with Crippen LogP contribution in [0.5, 0.6) is 0 Å². The van der Waals surface area contributed by atoms with Crippen LogP contribution in [0, 0.1) is 10.1 Å². The normalized spacial score (nSPS) is 10.5. The van der Waals surface area contributed by atoms with E-state index in [1.807, 2.05) is 0 Å². The summed E-state index contributed by atoms with van der Waals surface area (Å²) in [6, 6.07) is 5.19. The average molecular weight is 327 g/mol. The lowest BCUT2D eigenvalue weighted by Gasteiger charge is -2.09. The first-order valence-electron chi connectivity index (χ1n) is 7.04. The first kappa shape index (κ1) is 15.3. The van der Waals surface area contributed by atoms with Crippen LogP contribution in [0.25, 0.3) is 5.82 Å². The Labute approximate surface area is 135 Å². The van der Waals surface area contributed by atoms with Gasteiger partial charge in [-0.05, 0) is 28.1 Å². The molecule has 1 N–H and O–H groups in total. The van der Waals surface area contributed by atoms with Gasteiger partial charge in [0.1, 0.15) is 6.20 Å². The molecule has 24 heavy (non-hydrogen) atoms. The molecule has 3 heterocycles. The zero-order valence-corrected chi connectivity index (χ0v) is 12.4. The van der Waals surface area contributed by atoms with Gasteiger partial charge >= 0.3 is 5.82 Å². The number of aryl methyl sites for hydroxylation is 1. The monoisotopic (exact) mass is 327 g/mol. The molecule has 3 rings (SSSR count). The fourth-order valence-corrected chi connectivity index (χ4v) is 2.08. The number of carbonyl (C=O) groups excluding carboxylic acids is 1. The minimum absolute atomic E-state index is 0.140. The van der Waals surface area contributed by atoms with Crippen LogP contribution in [0.4, 0.5) is 11.5 Å². The Morgan fingerprint density at radius 3 is 2.88 bits per heavy atom. The predicted molar refractivity (Wildman–Crippen MR) is 83.5 cm³/mol. The highest BCUT2D eigenvalue weighted by molar-refractivity contribution is 5.92. The van der Waals surface area contributed by atoms with Crippen LogP contribution in [-0.4, -0.2) is 35.1 Å². The predicted octanol–water partition coefficient (Wildman–Crippen LogP) is 1.40. The maximum atomic E-state index is 12.1. The largest absolute Gasteiger partial charge is 0.381 e. The molecule has 0 atom stereocenters. The smallest absolute Gasteiger partial charge is 0.358 e. The molecular weight excluding hydrogens is 314 g/mol. The Morgan fingerprint density at radius 2 is 2.17 bits per heavy atom. The maximum absolute atomic E-state index is 12.1. The number of aromatic nitrogens is 5. The zero-order valence-electron chi connectivity index (χ0n) is 12.4. The minimum Gasteiger partial charge on any atom is -0.358 e. The van der Waals surface area contributed by atoms with Crippen molar-refractivity contribution < 1.29 is 9.72 Å². The molecule has 0 radical (unpaired) electrons. The van der Waals surface area contributed by atoms with Gasteiger partial charge in [-0.25, -0.2) is 9.67 Å². The van der Waals surface area contributed by atoms with Crippen molar-refractivity contribution in [3.05, 3.63) is 59.4 Å². The van der Waals surface area contributed by atoms with Crippen LogP contribution in [-0.2, 0) is 11.3 Å². The van der Waals surface area contributed by atoms with E-state index in [1.165, 1.54) is 17.1 Å². The molecule has 10 nitrogen and oxygen atoms in total. The van der Waals surface area contributed by atoms with Crippen molar-refractivity contribution in [1.29, 1.82) is 0 Å². The summed E-state index contributed by atoms with van der Waals surface area (Å²) in [4.78, 5) is 30.0. The van der Waals surface area contributed by atoms with E-state index in [1.54, 1.807) is 41.5 Å². The third-order valence-corrected chi connectivity index (χ3v) is 3.19. The fraction of sp³-hybridized carbons (Fsp3) is 0.143. The van der Waals surface area contributed by atoms with Crippen molar-refractivity contribution in [3.63, 3.8) is 0 Å². The van der Waals surface area contributed by atoms with Gasteiger partial charge in [-0.1, -0.05) is 0 Å². The molecule has 3 aromatic rings. The van der Waals surface area contributed by atoms with E-state index in [0.717, 1.165) is 0 Å². The highest BCUT2D eigenvalue weighted by Crippen LogP contribution is 2.16. The highest BCUT2D eigenvalue weighted by Gasteiger charge is 2.12. The number of nitrogens with one attached hydrogen (secondary N) is 1. The summed E-state index contributed by atoms with van der Waals surface area (Å²) in [5, 5.41) is 17.4. The summed E-state index contributed by atoms with van der Waals surface area (Å²) >= 11 is 0. The van der Waals surface area contributed by atoms with Crippen LogP contribution in [0.2, 0.25) is 0 Å².